The molecule has 0 heterocycles. The van der Waals surface area contributed by atoms with Crippen molar-refractivity contribution in [2.75, 3.05) is 6.54 Å². The van der Waals surface area contributed by atoms with E-state index in [0.717, 1.165) is 5.56 Å². The molecule has 0 radical (unpaired) electrons. The van der Waals surface area contributed by atoms with Crippen LogP contribution in [0.25, 0.3) is 0 Å². The van der Waals surface area contributed by atoms with Crippen molar-refractivity contribution < 1.29 is 0 Å². The fraction of sp³-hybridized carbons (Fsp3) is 0.100. The Bertz CT molecular complexity index is 314. The largest absolute Gasteiger partial charge is 0.268 e. The highest BCUT2D eigenvalue weighted by Gasteiger charge is 1.97. The molecular weight excluding hydrogens is 205 g/mol. The van der Waals surface area contributed by atoms with Crippen LogP contribution in [0.4, 0.5) is 0 Å². The molecule has 0 saturated carbocycles. The first-order valence-electron chi connectivity index (χ1n) is 3.81. The summed E-state index contributed by atoms with van der Waals surface area (Å²) in [6.07, 6.45) is 1.69. The van der Waals surface area contributed by atoms with Crippen LogP contribution in [-0.4, -0.2) is 11.7 Å². The molecule has 0 aliphatic carbocycles. The summed E-state index contributed by atoms with van der Waals surface area (Å²) < 4.78 is 0. The Morgan fingerprint density at radius 2 is 2.00 bits per heavy atom. The smallest absolute Gasteiger partial charge is 0.131 e. The maximum absolute atomic E-state index is 5.90. The molecule has 0 bridgehead atoms. The maximum atomic E-state index is 5.90. The first kappa shape index (κ1) is 10.3. The summed E-state index contributed by atoms with van der Waals surface area (Å²) in [5.41, 5.74) is 0.868. The monoisotopic (exact) mass is 213 g/mol. The van der Waals surface area contributed by atoms with Gasteiger partial charge in [-0.15, -0.1) is 6.58 Å². The predicted octanol–water partition coefficient (Wildman–Crippen LogP) is 3.51. The summed E-state index contributed by atoms with van der Waals surface area (Å²) >= 11 is 11.6. The summed E-state index contributed by atoms with van der Waals surface area (Å²) in [4.78, 5) is 4.06. The predicted molar refractivity (Wildman–Crippen MR) is 58.9 cm³/mol. The number of hydrogen-bond donors (Lipinski definition) is 0. The molecule has 1 rings (SSSR count). The number of aliphatic imine (C=N–C) groups is 1. The Morgan fingerprint density at radius 1 is 1.38 bits per heavy atom. The minimum absolute atomic E-state index is 0.483. The van der Waals surface area contributed by atoms with E-state index in [1.54, 1.807) is 18.2 Å². The summed E-state index contributed by atoms with van der Waals surface area (Å²) in [5.74, 6) is 0. The zero-order chi connectivity index (χ0) is 9.68. The van der Waals surface area contributed by atoms with Gasteiger partial charge in [-0.25, -0.2) is 0 Å². The zero-order valence-electron chi connectivity index (χ0n) is 7.00. The maximum Gasteiger partial charge on any atom is 0.131 e. The zero-order valence-corrected chi connectivity index (χ0v) is 8.52. The first-order chi connectivity index (χ1) is 6.24. The van der Waals surface area contributed by atoms with E-state index in [2.05, 4.69) is 11.6 Å². The van der Waals surface area contributed by atoms with Crippen LogP contribution < -0.4 is 0 Å². The molecule has 1 aromatic rings. The second-order valence-electron chi connectivity index (χ2n) is 2.43. The van der Waals surface area contributed by atoms with Gasteiger partial charge in [-0.05, 0) is 12.1 Å². The van der Waals surface area contributed by atoms with Crippen LogP contribution in [0, 0.1) is 0 Å². The standard InChI is InChI=1S/C10H9Cl2N/c1-2-7-13-10(12)8-3-5-9(11)6-4-8/h2-6H,1,7H2. The number of halogens is 2. The molecule has 0 N–H and O–H groups in total. The number of hydrogen-bond acceptors (Lipinski definition) is 1. The average Bonchev–Trinajstić information content (AvgIpc) is 2.15. The van der Waals surface area contributed by atoms with E-state index < -0.39 is 0 Å². The topological polar surface area (TPSA) is 12.4 Å². The molecule has 1 nitrogen and oxygen atoms in total. The second-order valence-corrected chi connectivity index (χ2v) is 3.22. The molecule has 68 valence electrons. The molecule has 0 spiro atoms. The third-order valence-corrected chi connectivity index (χ3v) is 2.03. The number of benzene rings is 1. The van der Waals surface area contributed by atoms with Crippen molar-refractivity contribution in [3.05, 3.63) is 47.5 Å². The van der Waals surface area contributed by atoms with Gasteiger partial charge in [-0.1, -0.05) is 41.4 Å². The van der Waals surface area contributed by atoms with E-state index in [-0.39, 0.29) is 0 Å². The molecule has 3 heteroatoms. The lowest BCUT2D eigenvalue weighted by Crippen LogP contribution is -1.91. The summed E-state index contributed by atoms with van der Waals surface area (Å²) in [5, 5.41) is 1.17. The van der Waals surface area contributed by atoms with Crippen molar-refractivity contribution in [1.29, 1.82) is 0 Å². The van der Waals surface area contributed by atoms with Gasteiger partial charge < -0.3 is 0 Å². The highest BCUT2D eigenvalue weighted by Crippen LogP contribution is 2.11. The molecule has 13 heavy (non-hydrogen) atoms. The van der Waals surface area contributed by atoms with Gasteiger partial charge in [0.2, 0.25) is 0 Å². The minimum Gasteiger partial charge on any atom is -0.268 e. The van der Waals surface area contributed by atoms with Gasteiger partial charge in [-0.2, -0.15) is 0 Å². The first-order valence-corrected chi connectivity index (χ1v) is 4.56. The Balaban J connectivity index is 2.82. The van der Waals surface area contributed by atoms with Crippen molar-refractivity contribution in [2.45, 2.75) is 0 Å². The van der Waals surface area contributed by atoms with E-state index >= 15 is 0 Å². The van der Waals surface area contributed by atoms with E-state index in [4.69, 9.17) is 23.2 Å². The third kappa shape index (κ3) is 3.21. The van der Waals surface area contributed by atoms with Crippen molar-refractivity contribution in [2.24, 2.45) is 4.99 Å². The van der Waals surface area contributed by atoms with Gasteiger partial charge in [-0.3, -0.25) is 4.99 Å². The fourth-order valence-corrected chi connectivity index (χ4v) is 1.14. The van der Waals surface area contributed by atoms with Gasteiger partial charge in [0.25, 0.3) is 0 Å². The molecule has 0 atom stereocenters. The van der Waals surface area contributed by atoms with E-state index in [1.165, 1.54) is 0 Å². The fourth-order valence-electron chi connectivity index (χ4n) is 0.823. The molecule has 0 aromatic heterocycles. The molecule has 0 aliphatic heterocycles. The van der Waals surface area contributed by atoms with E-state index in [9.17, 15) is 0 Å². The summed E-state index contributed by atoms with van der Waals surface area (Å²) in [6, 6.07) is 7.22. The summed E-state index contributed by atoms with van der Waals surface area (Å²) in [7, 11) is 0. The van der Waals surface area contributed by atoms with Crippen molar-refractivity contribution in [1.82, 2.24) is 0 Å². The van der Waals surface area contributed by atoms with Crippen LogP contribution in [0.2, 0.25) is 5.02 Å². The second kappa shape index (κ2) is 5.05. The molecule has 0 unspecified atom stereocenters. The lowest BCUT2D eigenvalue weighted by Gasteiger charge is -1.97. The molecule has 0 fully saturated rings. The SMILES string of the molecule is C=CCN=C(Cl)c1ccc(Cl)cc1. The van der Waals surface area contributed by atoms with Gasteiger partial charge in [0.05, 0.1) is 6.54 Å². The molecule has 0 aliphatic rings. The van der Waals surface area contributed by atoms with Gasteiger partial charge in [0.1, 0.15) is 5.17 Å². The Morgan fingerprint density at radius 3 is 2.54 bits per heavy atom. The van der Waals surface area contributed by atoms with Crippen LogP contribution >= 0.6 is 23.2 Å². The van der Waals surface area contributed by atoms with Crippen molar-refractivity contribution in [3.63, 3.8) is 0 Å². The van der Waals surface area contributed by atoms with Gasteiger partial charge in [0, 0.05) is 10.6 Å². The molecule has 0 amide bonds. The Kier molecular flexibility index (Phi) is 4.00. The highest BCUT2D eigenvalue weighted by atomic mass is 35.5. The normalized spacial score (nSPS) is 11.4. The van der Waals surface area contributed by atoms with Crippen LogP contribution in [0.3, 0.4) is 0 Å². The number of nitrogens with zero attached hydrogens (tertiary/aromatic N) is 1. The average molecular weight is 214 g/mol. The highest BCUT2D eigenvalue weighted by molar-refractivity contribution is 6.69. The van der Waals surface area contributed by atoms with Crippen LogP contribution in [-0.2, 0) is 0 Å². The van der Waals surface area contributed by atoms with Gasteiger partial charge >= 0.3 is 0 Å². The number of rotatable bonds is 3. The van der Waals surface area contributed by atoms with Gasteiger partial charge in [0.15, 0.2) is 0 Å². The third-order valence-electron chi connectivity index (χ3n) is 1.44. The van der Waals surface area contributed by atoms with Crippen LogP contribution in [0.5, 0.6) is 0 Å². The molecule has 0 saturated heterocycles. The quantitative estimate of drug-likeness (QED) is 0.539. The lowest BCUT2D eigenvalue weighted by atomic mass is 10.2. The van der Waals surface area contributed by atoms with E-state index in [1.807, 2.05) is 12.1 Å². The van der Waals surface area contributed by atoms with Crippen molar-refractivity contribution >= 4 is 28.4 Å². The van der Waals surface area contributed by atoms with E-state index in [0.29, 0.717) is 16.7 Å². The van der Waals surface area contributed by atoms with Crippen LogP contribution in [0.1, 0.15) is 5.56 Å². The Labute approximate surface area is 87.7 Å². The summed E-state index contributed by atoms with van der Waals surface area (Å²) in [6.45, 7) is 4.08. The lowest BCUT2D eigenvalue weighted by molar-refractivity contribution is 1.26. The Hall–Kier alpha value is -0.790. The molecule has 1 aromatic carbocycles. The minimum atomic E-state index is 0.483. The van der Waals surface area contributed by atoms with Crippen molar-refractivity contribution in [3.8, 4) is 0 Å². The van der Waals surface area contributed by atoms with Crippen LogP contribution in [0.15, 0.2) is 41.9 Å². The molecular formula is C10H9Cl2N.